The summed E-state index contributed by atoms with van der Waals surface area (Å²) < 4.78 is 0. The van der Waals surface area contributed by atoms with Gasteiger partial charge in [0.2, 0.25) is 0 Å². The molecule has 0 aromatic heterocycles. The van der Waals surface area contributed by atoms with Crippen LogP contribution in [0.5, 0.6) is 0 Å². The molecule has 4 nitrogen and oxygen atoms in total. The lowest BCUT2D eigenvalue weighted by Crippen LogP contribution is -2.14. The Morgan fingerprint density at radius 1 is 1.29 bits per heavy atom. The zero-order valence-electron chi connectivity index (χ0n) is 14.6. The maximum absolute atomic E-state index is 12.0. The fraction of sp³-hybridized carbons (Fsp3) is 0.600. The van der Waals surface area contributed by atoms with E-state index in [0.29, 0.717) is 12.8 Å². The Labute approximate surface area is 145 Å². The minimum atomic E-state index is -0.777. The number of hydrogen-bond donors (Lipinski definition) is 2. The number of unbranched alkanes of at least 4 members (excludes halogenated alkanes) is 3. The highest BCUT2D eigenvalue weighted by Crippen LogP contribution is 2.27. The number of ketones is 1. The number of hydrogen-bond acceptors (Lipinski definition) is 3. The highest BCUT2D eigenvalue weighted by atomic mass is 16.4. The van der Waals surface area contributed by atoms with E-state index in [4.69, 9.17) is 5.11 Å². The largest absolute Gasteiger partial charge is 0.481 e. The third-order valence-corrected chi connectivity index (χ3v) is 4.29. The predicted molar refractivity (Wildman–Crippen MR) is 95.7 cm³/mol. The van der Waals surface area contributed by atoms with Crippen LogP contribution in [0.3, 0.4) is 0 Å². The van der Waals surface area contributed by atoms with E-state index >= 15 is 0 Å². The van der Waals surface area contributed by atoms with Gasteiger partial charge in [-0.05, 0) is 31.8 Å². The van der Waals surface area contributed by atoms with Crippen LogP contribution in [0.25, 0.3) is 0 Å². The Kier molecular flexibility index (Phi) is 10.0. The first kappa shape index (κ1) is 20.4. The maximum atomic E-state index is 12.0. The van der Waals surface area contributed by atoms with E-state index in [-0.39, 0.29) is 24.0 Å². The fourth-order valence-electron chi connectivity index (χ4n) is 2.81. The van der Waals surface area contributed by atoms with E-state index in [1.807, 2.05) is 30.4 Å². The Balaban J connectivity index is 2.38. The van der Waals surface area contributed by atoms with Gasteiger partial charge in [0.1, 0.15) is 0 Å². The van der Waals surface area contributed by atoms with Crippen LogP contribution in [-0.2, 0) is 9.59 Å². The topological polar surface area (TPSA) is 74.6 Å². The molecule has 0 bridgehead atoms. The van der Waals surface area contributed by atoms with Crippen molar-refractivity contribution < 1.29 is 19.8 Å². The molecule has 1 aliphatic rings. The van der Waals surface area contributed by atoms with Gasteiger partial charge in [-0.1, -0.05) is 56.6 Å². The average molecular weight is 334 g/mol. The molecule has 0 fully saturated rings. The lowest BCUT2D eigenvalue weighted by molar-refractivity contribution is -0.137. The zero-order valence-corrected chi connectivity index (χ0v) is 14.6. The summed E-state index contributed by atoms with van der Waals surface area (Å²) in [7, 11) is 0. The van der Waals surface area contributed by atoms with Crippen LogP contribution in [0, 0.1) is 11.8 Å². The van der Waals surface area contributed by atoms with Crippen molar-refractivity contribution in [3.63, 3.8) is 0 Å². The molecule has 0 spiro atoms. The lowest BCUT2D eigenvalue weighted by Gasteiger charge is -2.13. The monoisotopic (exact) mass is 334 g/mol. The third kappa shape index (κ3) is 8.25. The highest BCUT2D eigenvalue weighted by molar-refractivity contribution is 5.95. The number of carboxylic acids is 1. The minimum absolute atomic E-state index is 0.0435. The van der Waals surface area contributed by atoms with E-state index < -0.39 is 12.1 Å². The fourth-order valence-corrected chi connectivity index (χ4v) is 2.81. The molecule has 0 saturated heterocycles. The van der Waals surface area contributed by atoms with Crippen molar-refractivity contribution >= 4 is 11.8 Å². The maximum Gasteiger partial charge on any atom is 0.303 e. The number of carbonyl (C=O) groups is 2. The minimum Gasteiger partial charge on any atom is -0.481 e. The molecule has 2 N–H and O–H groups in total. The molecule has 134 valence electrons. The molecule has 1 aliphatic carbocycles. The quantitative estimate of drug-likeness (QED) is 0.417. The second-order valence-electron chi connectivity index (χ2n) is 6.39. The summed E-state index contributed by atoms with van der Waals surface area (Å²) in [6.07, 6.45) is 17.0. The molecule has 0 amide bonds. The van der Waals surface area contributed by atoms with Crippen molar-refractivity contribution in [3.8, 4) is 0 Å². The average Bonchev–Trinajstić information content (AvgIpc) is 2.89. The third-order valence-electron chi connectivity index (χ3n) is 4.29. The molecule has 0 radical (unpaired) electrons. The number of aliphatic hydroxyl groups is 1. The number of allylic oxidation sites excluding steroid dienone is 5. The van der Waals surface area contributed by atoms with E-state index in [9.17, 15) is 14.7 Å². The Hall–Kier alpha value is -1.68. The molecule has 0 saturated carbocycles. The van der Waals surface area contributed by atoms with Crippen LogP contribution in [-0.4, -0.2) is 28.1 Å². The van der Waals surface area contributed by atoms with Crippen LogP contribution in [0.4, 0.5) is 0 Å². The zero-order chi connectivity index (χ0) is 17.8. The Morgan fingerprint density at radius 3 is 2.79 bits per heavy atom. The molecule has 24 heavy (non-hydrogen) atoms. The van der Waals surface area contributed by atoms with E-state index in [1.54, 1.807) is 6.08 Å². The van der Waals surface area contributed by atoms with Gasteiger partial charge in [0.05, 0.1) is 6.10 Å². The van der Waals surface area contributed by atoms with Gasteiger partial charge < -0.3 is 10.2 Å². The summed E-state index contributed by atoms with van der Waals surface area (Å²) in [6.45, 7) is 2.14. The summed E-state index contributed by atoms with van der Waals surface area (Å²) in [5.41, 5.74) is 0. The van der Waals surface area contributed by atoms with E-state index in [2.05, 4.69) is 6.92 Å². The van der Waals surface area contributed by atoms with Crippen molar-refractivity contribution in [2.45, 2.75) is 64.4 Å². The Morgan fingerprint density at radius 2 is 2.08 bits per heavy atom. The molecule has 1 rings (SSSR count). The normalized spacial score (nSPS) is 22.0. The van der Waals surface area contributed by atoms with Crippen LogP contribution in [0.2, 0.25) is 0 Å². The van der Waals surface area contributed by atoms with Crippen LogP contribution >= 0.6 is 0 Å². The summed E-state index contributed by atoms with van der Waals surface area (Å²) in [6, 6.07) is 0. The van der Waals surface area contributed by atoms with Gasteiger partial charge in [-0.15, -0.1) is 0 Å². The highest BCUT2D eigenvalue weighted by Gasteiger charge is 2.27. The van der Waals surface area contributed by atoms with Gasteiger partial charge in [0.15, 0.2) is 5.78 Å². The molecule has 3 unspecified atom stereocenters. The van der Waals surface area contributed by atoms with Crippen molar-refractivity contribution in [2.75, 3.05) is 0 Å². The standard InChI is InChI=1S/C20H30O4/c1-2-3-6-9-17(21)14-12-16-13-15-19(22)18(16)10-7-4-5-8-11-20(23)24/h4,7,12-18,21H,2-3,5-6,8-11H2,1H3,(H,23,24)/b7-4+,14-12+. The van der Waals surface area contributed by atoms with Crippen molar-refractivity contribution in [2.24, 2.45) is 11.8 Å². The van der Waals surface area contributed by atoms with Gasteiger partial charge in [-0.3, -0.25) is 9.59 Å². The summed E-state index contributed by atoms with van der Waals surface area (Å²) in [4.78, 5) is 22.4. The first-order valence-corrected chi connectivity index (χ1v) is 8.99. The molecular weight excluding hydrogens is 304 g/mol. The number of carboxylic acid groups (broad SMARTS) is 1. The molecule has 0 aromatic carbocycles. The molecule has 0 aromatic rings. The molecule has 4 heteroatoms. The van der Waals surface area contributed by atoms with Crippen LogP contribution in [0.15, 0.2) is 36.5 Å². The predicted octanol–water partition coefficient (Wildman–Crippen LogP) is 4.06. The summed E-state index contributed by atoms with van der Waals surface area (Å²) in [5.74, 6) is -0.705. The molecule has 0 heterocycles. The summed E-state index contributed by atoms with van der Waals surface area (Å²) in [5, 5.41) is 18.5. The van der Waals surface area contributed by atoms with E-state index in [1.165, 1.54) is 0 Å². The smallest absolute Gasteiger partial charge is 0.303 e. The second kappa shape index (κ2) is 11.8. The van der Waals surface area contributed by atoms with Gasteiger partial charge in [-0.2, -0.15) is 0 Å². The van der Waals surface area contributed by atoms with Crippen molar-refractivity contribution in [3.05, 3.63) is 36.5 Å². The number of carbonyl (C=O) groups excluding carboxylic acids is 1. The Bertz CT molecular complexity index is 476. The van der Waals surface area contributed by atoms with Gasteiger partial charge in [-0.25, -0.2) is 0 Å². The lowest BCUT2D eigenvalue weighted by atomic mass is 9.90. The SMILES string of the molecule is CCCCCC(O)/C=C/C1C=CC(=O)C1C/C=C/CCCC(=O)O. The molecule has 3 atom stereocenters. The number of rotatable bonds is 12. The molecule has 0 aliphatic heterocycles. The van der Waals surface area contributed by atoms with Gasteiger partial charge >= 0.3 is 5.97 Å². The summed E-state index contributed by atoms with van der Waals surface area (Å²) >= 11 is 0. The number of aliphatic hydroxyl groups excluding tert-OH is 1. The van der Waals surface area contributed by atoms with Crippen LogP contribution in [0.1, 0.15) is 58.3 Å². The van der Waals surface area contributed by atoms with Crippen molar-refractivity contribution in [1.29, 1.82) is 0 Å². The molecular formula is C20H30O4. The second-order valence-corrected chi connectivity index (χ2v) is 6.39. The van der Waals surface area contributed by atoms with Crippen LogP contribution < -0.4 is 0 Å². The first-order chi connectivity index (χ1) is 11.5. The first-order valence-electron chi connectivity index (χ1n) is 8.99. The van der Waals surface area contributed by atoms with Gasteiger partial charge in [0.25, 0.3) is 0 Å². The van der Waals surface area contributed by atoms with Gasteiger partial charge in [0, 0.05) is 18.3 Å². The van der Waals surface area contributed by atoms with Crippen molar-refractivity contribution in [1.82, 2.24) is 0 Å². The van der Waals surface area contributed by atoms with E-state index in [0.717, 1.165) is 32.1 Å². The number of aliphatic carboxylic acids is 1.